The van der Waals surface area contributed by atoms with E-state index in [1.54, 1.807) is 18.2 Å². The Hall–Kier alpha value is -1.81. The van der Waals surface area contributed by atoms with Gasteiger partial charge in [0, 0.05) is 5.39 Å². The van der Waals surface area contributed by atoms with Crippen molar-refractivity contribution in [1.82, 2.24) is 0 Å². The minimum atomic E-state index is -0.980. The molecule has 0 aliphatic rings. The summed E-state index contributed by atoms with van der Waals surface area (Å²) in [7, 11) is 0. The highest BCUT2D eigenvalue weighted by molar-refractivity contribution is 6.03. The lowest BCUT2D eigenvalue weighted by Crippen LogP contribution is -2.09. The third-order valence-electron chi connectivity index (χ3n) is 3.08. The van der Waals surface area contributed by atoms with Crippen molar-refractivity contribution in [3.05, 3.63) is 35.6 Å². The third-order valence-corrected chi connectivity index (χ3v) is 3.08. The van der Waals surface area contributed by atoms with Crippen LogP contribution in [0.2, 0.25) is 0 Å². The Morgan fingerprint density at radius 1 is 1.42 bits per heavy atom. The topological polar surface area (TPSA) is 59.7 Å². The predicted molar refractivity (Wildman–Crippen MR) is 72.3 cm³/mol. The molecule has 4 nitrogen and oxygen atoms in total. The Bertz CT molecular complexity index is 571. The fourth-order valence-corrected chi connectivity index (χ4v) is 2.14. The average Bonchev–Trinajstić information content (AvgIpc) is 2.75. The molecule has 2 rings (SSSR count). The van der Waals surface area contributed by atoms with Crippen LogP contribution < -0.4 is 0 Å². The van der Waals surface area contributed by atoms with E-state index in [9.17, 15) is 9.90 Å². The fraction of sp³-hybridized carbons (Fsp3) is 0.400. The van der Waals surface area contributed by atoms with Crippen molar-refractivity contribution in [2.45, 2.75) is 39.4 Å². The van der Waals surface area contributed by atoms with E-state index in [1.807, 2.05) is 13.0 Å². The largest absolute Gasteiger partial charge is 0.478 e. The van der Waals surface area contributed by atoms with Crippen molar-refractivity contribution in [1.29, 1.82) is 0 Å². The summed E-state index contributed by atoms with van der Waals surface area (Å²) in [5.74, 6) is -0.594. The fourth-order valence-electron chi connectivity index (χ4n) is 2.14. The maximum absolute atomic E-state index is 11.4. The molecule has 1 aromatic heterocycles. The molecule has 1 heterocycles. The van der Waals surface area contributed by atoms with E-state index in [1.165, 1.54) is 0 Å². The highest BCUT2D eigenvalue weighted by atomic mass is 16.5. The molecule has 0 bridgehead atoms. The van der Waals surface area contributed by atoms with Gasteiger partial charge in [-0.25, -0.2) is 4.79 Å². The molecule has 1 aromatic carbocycles. The maximum atomic E-state index is 11.4. The van der Waals surface area contributed by atoms with Crippen molar-refractivity contribution in [2.75, 3.05) is 0 Å². The Balaban J connectivity index is 2.27. The number of aromatic carboxylic acids is 1. The number of fused-ring (bicyclic) bond motifs is 1. The number of carboxylic acid groups (broad SMARTS) is 1. The second-order valence-electron chi connectivity index (χ2n) is 4.61. The van der Waals surface area contributed by atoms with Crippen molar-refractivity contribution < 1.29 is 19.1 Å². The standard InChI is InChI=1S/C15H18O4/c1-3-6-10(2)18-9-13-14(15(16)17)11-7-4-5-8-12(11)19-13/h4-5,7-8,10H,3,6,9H2,1-2H3,(H,16,17). The lowest BCUT2D eigenvalue weighted by Gasteiger charge is -2.10. The smallest absolute Gasteiger partial charge is 0.340 e. The average molecular weight is 262 g/mol. The monoisotopic (exact) mass is 262 g/mol. The first-order chi connectivity index (χ1) is 9.13. The first-order valence-electron chi connectivity index (χ1n) is 6.48. The Morgan fingerprint density at radius 2 is 2.16 bits per heavy atom. The van der Waals surface area contributed by atoms with Gasteiger partial charge in [0.1, 0.15) is 23.5 Å². The van der Waals surface area contributed by atoms with Gasteiger partial charge in [-0.05, 0) is 19.4 Å². The van der Waals surface area contributed by atoms with E-state index < -0.39 is 5.97 Å². The van der Waals surface area contributed by atoms with Crippen LogP contribution in [0.4, 0.5) is 0 Å². The number of para-hydroxylation sites is 1. The van der Waals surface area contributed by atoms with E-state index in [2.05, 4.69) is 6.92 Å². The summed E-state index contributed by atoms with van der Waals surface area (Å²) in [6.07, 6.45) is 2.08. The molecule has 0 saturated carbocycles. The molecule has 0 fully saturated rings. The molecule has 1 atom stereocenters. The summed E-state index contributed by atoms with van der Waals surface area (Å²) in [6.45, 7) is 4.26. The second-order valence-corrected chi connectivity index (χ2v) is 4.61. The van der Waals surface area contributed by atoms with Gasteiger partial charge in [0.05, 0.1) is 6.10 Å². The molecule has 4 heteroatoms. The third kappa shape index (κ3) is 2.96. The first kappa shape index (κ1) is 13.6. The zero-order valence-electron chi connectivity index (χ0n) is 11.2. The van der Waals surface area contributed by atoms with Crippen LogP contribution in [-0.2, 0) is 11.3 Å². The summed E-state index contributed by atoms with van der Waals surface area (Å²) in [4.78, 5) is 11.4. The van der Waals surface area contributed by atoms with E-state index in [-0.39, 0.29) is 18.3 Å². The van der Waals surface area contributed by atoms with E-state index in [0.29, 0.717) is 16.7 Å². The second kappa shape index (κ2) is 5.89. The maximum Gasteiger partial charge on any atom is 0.340 e. The van der Waals surface area contributed by atoms with Crippen molar-refractivity contribution in [2.24, 2.45) is 0 Å². The molecular weight excluding hydrogens is 244 g/mol. The minimum absolute atomic E-state index is 0.0971. The van der Waals surface area contributed by atoms with E-state index in [0.717, 1.165) is 12.8 Å². The van der Waals surface area contributed by atoms with E-state index >= 15 is 0 Å². The van der Waals surface area contributed by atoms with Crippen LogP contribution in [0.25, 0.3) is 11.0 Å². The van der Waals surface area contributed by atoms with Crippen LogP contribution in [0.1, 0.15) is 42.8 Å². The van der Waals surface area contributed by atoms with Crippen molar-refractivity contribution in [3.8, 4) is 0 Å². The van der Waals surface area contributed by atoms with Gasteiger partial charge in [0.2, 0.25) is 0 Å². The molecule has 2 aromatic rings. The highest BCUT2D eigenvalue weighted by Gasteiger charge is 2.20. The van der Waals surface area contributed by atoms with E-state index in [4.69, 9.17) is 9.15 Å². The van der Waals surface area contributed by atoms with Crippen molar-refractivity contribution in [3.63, 3.8) is 0 Å². The van der Waals surface area contributed by atoms with Gasteiger partial charge in [0.15, 0.2) is 0 Å². The molecule has 0 radical (unpaired) electrons. The molecule has 0 spiro atoms. The zero-order chi connectivity index (χ0) is 13.8. The van der Waals surface area contributed by atoms with Gasteiger partial charge < -0.3 is 14.3 Å². The normalized spacial score (nSPS) is 12.7. The minimum Gasteiger partial charge on any atom is -0.478 e. The Labute approximate surface area is 112 Å². The van der Waals surface area contributed by atoms with Gasteiger partial charge in [0.25, 0.3) is 0 Å². The summed E-state index contributed by atoms with van der Waals surface area (Å²) >= 11 is 0. The molecule has 102 valence electrons. The van der Waals surface area contributed by atoms with Gasteiger partial charge in [-0.15, -0.1) is 0 Å². The number of ether oxygens (including phenoxy) is 1. The number of hydrogen-bond acceptors (Lipinski definition) is 3. The van der Waals surface area contributed by atoms with Crippen molar-refractivity contribution >= 4 is 16.9 Å². The highest BCUT2D eigenvalue weighted by Crippen LogP contribution is 2.26. The number of furan rings is 1. The van der Waals surface area contributed by atoms with Crippen LogP contribution in [0.15, 0.2) is 28.7 Å². The summed E-state index contributed by atoms with van der Waals surface area (Å²) < 4.78 is 11.2. The Kier molecular flexibility index (Phi) is 4.22. The summed E-state index contributed by atoms with van der Waals surface area (Å²) in [5.41, 5.74) is 0.793. The van der Waals surface area contributed by atoms with Gasteiger partial charge >= 0.3 is 5.97 Å². The zero-order valence-corrected chi connectivity index (χ0v) is 11.2. The molecule has 0 aliphatic heterocycles. The molecule has 0 amide bonds. The number of hydrogen-bond donors (Lipinski definition) is 1. The molecule has 1 N–H and O–H groups in total. The Morgan fingerprint density at radius 3 is 2.84 bits per heavy atom. The summed E-state index contributed by atoms with van der Waals surface area (Å²) in [6, 6.07) is 7.14. The van der Waals surface area contributed by atoms with Crippen LogP contribution >= 0.6 is 0 Å². The SMILES string of the molecule is CCCC(C)OCc1oc2ccccc2c1C(=O)O. The molecule has 0 saturated heterocycles. The number of rotatable bonds is 6. The lowest BCUT2D eigenvalue weighted by molar-refractivity contribution is 0.0363. The van der Waals surface area contributed by atoms with Crippen LogP contribution in [0.3, 0.4) is 0 Å². The molecular formula is C15H18O4. The summed E-state index contributed by atoms with van der Waals surface area (Å²) in [5, 5.41) is 9.93. The lowest BCUT2D eigenvalue weighted by atomic mass is 10.1. The predicted octanol–water partition coefficient (Wildman–Crippen LogP) is 3.84. The van der Waals surface area contributed by atoms with Gasteiger partial charge in [-0.3, -0.25) is 0 Å². The van der Waals surface area contributed by atoms with Gasteiger partial charge in [-0.2, -0.15) is 0 Å². The van der Waals surface area contributed by atoms with Crippen LogP contribution in [0, 0.1) is 0 Å². The molecule has 0 aliphatic carbocycles. The first-order valence-corrected chi connectivity index (χ1v) is 6.48. The number of carboxylic acids is 1. The molecule has 1 unspecified atom stereocenters. The van der Waals surface area contributed by atoms with Gasteiger partial charge in [-0.1, -0.05) is 31.5 Å². The quantitative estimate of drug-likeness (QED) is 0.859. The number of benzene rings is 1. The molecule has 19 heavy (non-hydrogen) atoms. The van der Waals surface area contributed by atoms with Crippen LogP contribution in [0.5, 0.6) is 0 Å². The number of carbonyl (C=O) groups is 1. The van der Waals surface area contributed by atoms with Crippen LogP contribution in [-0.4, -0.2) is 17.2 Å².